The molecule has 3 aromatic rings. The van der Waals surface area contributed by atoms with Gasteiger partial charge in [-0.3, -0.25) is 0 Å². The number of hydrogen-bond donors (Lipinski definition) is 0. The summed E-state index contributed by atoms with van der Waals surface area (Å²) in [5, 5.41) is 5.70. The van der Waals surface area contributed by atoms with Gasteiger partial charge in [0.2, 0.25) is 0 Å². The number of nitrogens with zero attached hydrogens (tertiary/aromatic N) is 4. The highest BCUT2D eigenvalue weighted by atomic mass is 32.1. The number of aryl methyl sites for hydroxylation is 1. The third-order valence-corrected chi connectivity index (χ3v) is 5.04. The lowest BCUT2D eigenvalue weighted by molar-refractivity contribution is -0.0379. The number of thiophene rings is 1. The standard InChI is InChI=1S/C15H18N4OS/c1-4-5-11-17-13-12-9-6-15(2,3)20-7-10(9)21-14(12)16-8-19(13)18-11/h8H,4-7H2,1-3H3. The maximum atomic E-state index is 5.92. The van der Waals surface area contributed by atoms with E-state index in [0.29, 0.717) is 6.61 Å². The van der Waals surface area contributed by atoms with Crippen molar-refractivity contribution >= 4 is 27.2 Å². The summed E-state index contributed by atoms with van der Waals surface area (Å²) in [4.78, 5) is 11.6. The second-order valence-electron chi connectivity index (χ2n) is 6.20. The topological polar surface area (TPSA) is 52.3 Å². The van der Waals surface area contributed by atoms with Crippen LogP contribution < -0.4 is 0 Å². The summed E-state index contributed by atoms with van der Waals surface area (Å²) in [6.07, 6.45) is 4.64. The van der Waals surface area contributed by atoms with Crippen LogP contribution in [0, 0.1) is 0 Å². The Bertz CT molecular complexity index is 833. The molecule has 0 aliphatic carbocycles. The van der Waals surface area contributed by atoms with Crippen LogP contribution in [0.2, 0.25) is 0 Å². The Kier molecular flexibility index (Phi) is 2.81. The molecule has 0 bridgehead atoms. The van der Waals surface area contributed by atoms with Crippen LogP contribution in [0.25, 0.3) is 15.9 Å². The van der Waals surface area contributed by atoms with E-state index < -0.39 is 0 Å². The van der Waals surface area contributed by atoms with E-state index >= 15 is 0 Å². The molecule has 4 rings (SSSR count). The third-order valence-electron chi connectivity index (χ3n) is 3.93. The Morgan fingerprint density at radius 3 is 3.10 bits per heavy atom. The molecule has 1 aliphatic heterocycles. The molecular formula is C15H18N4OS. The van der Waals surface area contributed by atoms with Crippen LogP contribution in [-0.2, 0) is 24.2 Å². The van der Waals surface area contributed by atoms with E-state index in [1.807, 2.05) is 4.52 Å². The molecule has 0 saturated heterocycles. The molecule has 1 aliphatic rings. The fraction of sp³-hybridized carbons (Fsp3) is 0.533. The zero-order valence-corrected chi connectivity index (χ0v) is 13.3. The van der Waals surface area contributed by atoms with Gasteiger partial charge in [0.25, 0.3) is 0 Å². The summed E-state index contributed by atoms with van der Waals surface area (Å²) in [7, 11) is 0. The number of ether oxygens (including phenoxy) is 1. The molecule has 0 fully saturated rings. The van der Waals surface area contributed by atoms with Crippen molar-refractivity contribution in [2.45, 2.75) is 52.2 Å². The number of aromatic nitrogens is 4. The van der Waals surface area contributed by atoms with E-state index in [9.17, 15) is 0 Å². The monoisotopic (exact) mass is 302 g/mol. The molecular weight excluding hydrogens is 284 g/mol. The van der Waals surface area contributed by atoms with Gasteiger partial charge in [0.05, 0.1) is 17.6 Å². The van der Waals surface area contributed by atoms with Crippen LogP contribution in [0.5, 0.6) is 0 Å². The first-order valence-electron chi connectivity index (χ1n) is 7.36. The predicted octanol–water partition coefficient (Wildman–Crippen LogP) is 3.14. The summed E-state index contributed by atoms with van der Waals surface area (Å²) in [5.41, 5.74) is 2.17. The van der Waals surface area contributed by atoms with E-state index in [4.69, 9.17) is 9.72 Å². The number of fused-ring (bicyclic) bond motifs is 5. The second-order valence-corrected chi connectivity index (χ2v) is 7.28. The fourth-order valence-electron chi connectivity index (χ4n) is 2.92. The van der Waals surface area contributed by atoms with Crippen LogP contribution in [-0.4, -0.2) is 25.2 Å². The average Bonchev–Trinajstić information content (AvgIpc) is 2.97. The van der Waals surface area contributed by atoms with Gasteiger partial charge in [-0.25, -0.2) is 14.5 Å². The largest absolute Gasteiger partial charge is 0.370 e. The lowest BCUT2D eigenvalue weighted by atomic mass is 9.94. The minimum Gasteiger partial charge on any atom is -0.370 e. The molecule has 5 nitrogen and oxygen atoms in total. The Balaban J connectivity index is 1.99. The fourth-order valence-corrected chi connectivity index (χ4v) is 3.98. The van der Waals surface area contributed by atoms with Crippen LogP contribution in [0.3, 0.4) is 0 Å². The molecule has 21 heavy (non-hydrogen) atoms. The minimum absolute atomic E-state index is 0.125. The van der Waals surface area contributed by atoms with Gasteiger partial charge in [-0.05, 0) is 25.8 Å². The summed E-state index contributed by atoms with van der Waals surface area (Å²) in [6.45, 7) is 7.09. The first-order chi connectivity index (χ1) is 10.1. The molecule has 6 heteroatoms. The lowest BCUT2D eigenvalue weighted by Gasteiger charge is -2.30. The number of rotatable bonds is 2. The predicted molar refractivity (Wildman–Crippen MR) is 82.7 cm³/mol. The minimum atomic E-state index is -0.125. The summed E-state index contributed by atoms with van der Waals surface area (Å²) < 4.78 is 7.74. The zero-order valence-electron chi connectivity index (χ0n) is 12.5. The molecule has 110 valence electrons. The first kappa shape index (κ1) is 13.2. The molecule has 0 radical (unpaired) electrons. The molecule has 4 heterocycles. The van der Waals surface area contributed by atoms with Gasteiger partial charge in [-0.2, -0.15) is 0 Å². The average molecular weight is 302 g/mol. The lowest BCUT2D eigenvalue weighted by Crippen LogP contribution is -2.31. The van der Waals surface area contributed by atoms with Crippen LogP contribution in [0.15, 0.2) is 6.33 Å². The highest BCUT2D eigenvalue weighted by Crippen LogP contribution is 2.39. The number of hydrogen-bond acceptors (Lipinski definition) is 5. The molecule has 3 aromatic heterocycles. The SMILES string of the molecule is CCCc1nc2c3c4c(sc3ncn2n1)COC(C)(C)C4. The van der Waals surface area contributed by atoms with Crippen molar-refractivity contribution in [2.75, 3.05) is 0 Å². The van der Waals surface area contributed by atoms with Crippen molar-refractivity contribution in [1.29, 1.82) is 0 Å². The van der Waals surface area contributed by atoms with Gasteiger partial charge >= 0.3 is 0 Å². The summed E-state index contributed by atoms with van der Waals surface area (Å²) >= 11 is 1.72. The van der Waals surface area contributed by atoms with Gasteiger partial charge in [0.15, 0.2) is 11.5 Å². The molecule has 0 N–H and O–H groups in total. The van der Waals surface area contributed by atoms with E-state index in [1.165, 1.54) is 15.8 Å². The highest BCUT2D eigenvalue weighted by Gasteiger charge is 2.30. The molecule has 0 amide bonds. The Labute approximate surface area is 127 Å². The Morgan fingerprint density at radius 1 is 1.43 bits per heavy atom. The maximum Gasteiger partial charge on any atom is 0.167 e. The van der Waals surface area contributed by atoms with Crippen LogP contribution in [0.4, 0.5) is 0 Å². The van der Waals surface area contributed by atoms with Crippen molar-refractivity contribution in [3.63, 3.8) is 0 Å². The molecule has 0 aromatic carbocycles. The van der Waals surface area contributed by atoms with E-state index in [1.54, 1.807) is 17.7 Å². The van der Waals surface area contributed by atoms with Crippen LogP contribution >= 0.6 is 11.3 Å². The normalized spacial score (nSPS) is 17.5. The van der Waals surface area contributed by atoms with Crippen molar-refractivity contribution in [3.05, 3.63) is 22.6 Å². The van der Waals surface area contributed by atoms with E-state index in [2.05, 4.69) is 30.9 Å². The van der Waals surface area contributed by atoms with Gasteiger partial charge < -0.3 is 4.74 Å². The van der Waals surface area contributed by atoms with Gasteiger partial charge in [0.1, 0.15) is 11.2 Å². The quantitative estimate of drug-likeness (QED) is 0.730. The second kappa shape index (κ2) is 4.48. The van der Waals surface area contributed by atoms with Gasteiger partial charge in [0, 0.05) is 17.7 Å². The Morgan fingerprint density at radius 2 is 2.29 bits per heavy atom. The molecule has 0 saturated carbocycles. The van der Waals surface area contributed by atoms with Gasteiger partial charge in [-0.1, -0.05) is 6.92 Å². The van der Waals surface area contributed by atoms with Gasteiger partial charge in [-0.15, -0.1) is 16.4 Å². The molecule has 0 atom stereocenters. The van der Waals surface area contributed by atoms with Crippen LogP contribution in [0.1, 0.15) is 43.5 Å². The third kappa shape index (κ3) is 2.05. The highest BCUT2D eigenvalue weighted by molar-refractivity contribution is 7.19. The smallest absolute Gasteiger partial charge is 0.167 e. The Hall–Kier alpha value is -1.53. The zero-order chi connectivity index (χ0) is 14.6. The van der Waals surface area contributed by atoms with Crippen molar-refractivity contribution < 1.29 is 4.74 Å². The summed E-state index contributed by atoms with van der Waals surface area (Å²) in [6, 6.07) is 0. The van der Waals surface area contributed by atoms with Crippen molar-refractivity contribution in [3.8, 4) is 0 Å². The van der Waals surface area contributed by atoms with Crippen molar-refractivity contribution in [2.24, 2.45) is 0 Å². The van der Waals surface area contributed by atoms with Crippen molar-refractivity contribution in [1.82, 2.24) is 19.6 Å². The first-order valence-corrected chi connectivity index (χ1v) is 8.17. The van der Waals surface area contributed by atoms with E-state index in [0.717, 1.165) is 35.6 Å². The van der Waals surface area contributed by atoms with E-state index in [-0.39, 0.29) is 5.60 Å². The molecule has 0 unspecified atom stereocenters. The summed E-state index contributed by atoms with van der Waals surface area (Å²) in [5.74, 6) is 0.901. The molecule has 0 spiro atoms. The maximum absolute atomic E-state index is 5.92.